The molecular weight excluding hydrogens is 306 g/mol. The van der Waals surface area contributed by atoms with E-state index in [0.717, 1.165) is 16.7 Å². The number of amides is 1. The van der Waals surface area contributed by atoms with Crippen LogP contribution in [0.15, 0.2) is 24.4 Å². The maximum Gasteiger partial charge on any atom is 0.258 e. The lowest BCUT2D eigenvalue weighted by atomic mass is 10.2. The Balaban J connectivity index is 2.27. The molecule has 0 unspecified atom stereocenters. The standard InChI is InChI=1S/C17H21N5O2/c1-20(2)17(23)11-9-21(3)14(15(11)24-5)16-19-12-8-10(18)6-7-13(12)22(16)4/h6-9H,18H2,1-5H3. The van der Waals surface area contributed by atoms with Crippen molar-refractivity contribution in [3.63, 3.8) is 0 Å². The SMILES string of the molecule is COc1c(C(=O)N(C)C)cn(C)c1-c1nc2cc(N)ccc2n1C. The van der Waals surface area contributed by atoms with Crippen LogP contribution in [-0.2, 0) is 14.1 Å². The molecule has 0 aliphatic heterocycles. The number of methoxy groups -OCH3 is 1. The molecular formula is C17H21N5O2. The first-order chi connectivity index (χ1) is 11.3. The Morgan fingerprint density at radius 3 is 2.62 bits per heavy atom. The zero-order valence-electron chi connectivity index (χ0n) is 14.5. The Morgan fingerprint density at radius 1 is 1.29 bits per heavy atom. The smallest absolute Gasteiger partial charge is 0.258 e. The number of ether oxygens (including phenoxy) is 1. The highest BCUT2D eigenvalue weighted by atomic mass is 16.5. The number of nitrogens with two attached hydrogens (primary N) is 1. The lowest BCUT2D eigenvalue weighted by molar-refractivity contribution is 0.0824. The Hall–Kier alpha value is -2.96. The zero-order chi connectivity index (χ0) is 17.6. The van der Waals surface area contributed by atoms with E-state index >= 15 is 0 Å². The molecule has 1 amide bonds. The van der Waals surface area contributed by atoms with Gasteiger partial charge in [-0.2, -0.15) is 0 Å². The molecule has 0 bridgehead atoms. The van der Waals surface area contributed by atoms with E-state index in [2.05, 4.69) is 4.98 Å². The Kier molecular flexibility index (Phi) is 3.71. The molecule has 0 aliphatic rings. The fourth-order valence-electron chi connectivity index (χ4n) is 2.89. The lowest BCUT2D eigenvalue weighted by Crippen LogP contribution is -2.21. The molecule has 0 fully saturated rings. The molecule has 24 heavy (non-hydrogen) atoms. The van der Waals surface area contributed by atoms with E-state index in [1.165, 1.54) is 4.90 Å². The molecule has 1 aromatic carbocycles. The number of imidazole rings is 1. The van der Waals surface area contributed by atoms with Gasteiger partial charge in [0.15, 0.2) is 11.6 Å². The second-order valence-electron chi connectivity index (χ2n) is 5.98. The van der Waals surface area contributed by atoms with E-state index in [9.17, 15) is 4.79 Å². The molecule has 0 spiro atoms. The van der Waals surface area contributed by atoms with Gasteiger partial charge in [-0.3, -0.25) is 4.79 Å². The van der Waals surface area contributed by atoms with Crippen LogP contribution in [-0.4, -0.2) is 46.1 Å². The van der Waals surface area contributed by atoms with Crippen LogP contribution in [0.1, 0.15) is 10.4 Å². The van der Waals surface area contributed by atoms with Crippen LogP contribution in [0.3, 0.4) is 0 Å². The summed E-state index contributed by atoms with van der Waals surface area (Å²) in [6.07, 6.45) is 1.77. The molecule has 0 saturated heterocycles. The number of aryl methyl sites for hydroxylation is 2. The van der Waals surface area contributed by atoms with E-state index in [1.54, 1.807) is 27.4 Å². The van der Waals surface area contributed by atoms with Gasteiger partial charge in [0.1, 0.15) is 5.69 Å². The summed E-state index contributed by atoms with van der Waals surface area (Å²) < 4.78 is 9.38. The summed E-state index contributed by atoms with van der Waals surface area (Å²) in [5.74, 6) is 1.12. The summed E-state index contributed by atoms with van der Waals surface area (Å²) in [7, 11) is 8.79. The monoisotopic (exact) mass is 327 g/mol. The Morgan fingerprint density at radius 2 is 2.00 bits per heavy atom. The summed E-state index contributed by atoms with van der Waals surface area (Å²) >= 11 is 0. The van der Waals surface area contributed by atoms with Crippen LogP contribution in [0.25, 0.3) is 22.6 Å². The molecule has 3 rings (SSSR count). The summed E-state index contributed by atoms with van der Waals surface area (Å²) in [6, 6.07) is 5.61. The van der Waals surface area contributed by atoms with Gasteiger partial charge in [-0.05, 0) is 18.2 Å². The molecule has 2 N–H and O–H groups in total. The summed E-state index contributed by atoms with van der Waals surface area (Å²) in [4.78, 5) is 18.6. The van der Waals surface area contributed by atoms with Crippen molar-refractivity contribution >= 4 is 22.6 Å². The molecule has 2 aromatic heterocycles. The molecule has 0 saturated carbocycles. The van der Waals surface area contributed by atoms with Crippen LogP contribution < -0.4 is 10.5 Å². The quantitative estimate of drug-likeness (QED) is 0.745. The Bertz CT molecular complexity index is 936. The minimum atomic E-state index is -0.114. The van der Waals surface area contributed by atoms with Crippen LogP contribution >= 0.6 is 0 Å². The van der Waals surface area contributed by atoms with Gasteiger partial charge >= 0.3 is 0 Å². The average Bonchev–Trinajstić information content (AvgIpc) is 3.02. The van der Waals surface area contributed by atoms with Gasteiger partial charge in [-0.15, -0.1) is 0 Å². The minimum absolute atomic E-state index is 0.114. The predicted molar refractivity (Wildman–Crippen MR) is 94.1 cm³/mol. The molecule has 0 radical (unpaired) electrons. The van der Waals surface area contributed by atoms with Gasteiger partial charge in [-0.25, -0.2) is 4.98 Å². The number of fused-ring (bicyclic) bond motifs is 1. The van der Waals surface area contributed by atoms with Crippen molar-refractivity contribution in [2.75, 3.05) is 26.9 Å². The van der Waals surface area contributed by atoms with Crippen LogP contribution in [0.2, 0.25) is 0 Å². The number of nitrogens with zero attached hydrogens (tertiary/aromatic N) is 4. The van der Waals surface area contributed by atoms with Crippen molar-refractivity contribution in [2.45, 2.75) is 0 Å². The summed E-state index contributed by atoms with van der Waals surface area (Å²) in [5.41, 5.74) is 9.54. The number of carbonyl (C=O) groups excluding carboxylic acids is 1. The van der Waals surface area contributed by atoms with Crippen LogP contribution in [0.5, 0.6) is 5.75 Å². The van der Waals surface area contributed by atoms with Gasteiger partial charge in [0.05, 0.1) is 23.7 Å². The molecule has 0 atom stereocenters. The van der Waals surface area contributed by atoms with Crippen molar-refractivity contribution in [3.8, 4) is 17.3 Å². The number of nitrogen functional groups attached to an aromatic ring is 1. The summed E-state index contributed by atoms with van der Waals surface area (Å²) in [5, 5.41) is 0. The minimum Gasteiger partial charge on any atom is -0.494 e. The van der Waals surface area contributed by atoms with Crippen molar-refractivity contribution in [1.82, 2.24) is 19.0 Å². The number of carbonyl (C=O) groups is 1. The molecule has 7 heteroatoms. The van der Waals surface area contributed by atoms with E-state index in [-0.39, 0.29) is 5.91 Å². The first-order valence-electron chi connectivity index (χ1n) is 7.52. The van der Waals surface area contributed by atoms with Crippen molar-refractivity contribution in [2.24, 2.45) is 14.1 Å². The van der Waals surface area contributed by atoms with Crippen molar-refractivity contribution in [3.05, 3.63) is 30.0 Å². The molecule has 3 aromatic rings. The highest BCUT2D eigenvalue weighted by Crippen LogP contribution is 2.36. The molecule has 7 nitrogen and oxygen atoms in total. The first-order valence-corrected chi connectivity index (χ1v) is 7.52. The number of anilines is 1. The molecule has 0 aliphatic carbocycles. The van der Waals surface area contributed by atoms with E-state index in [0.29, 0.717) is 22.8 Å². The largest absolute Gasteiger partial charge is 0.494 e. The average molecular weight is 327 g/mol. The maximum absolute atomic E-state index is 12.4. The van der Waals surface area contributed by atoms with E-state index in [1.807, 2.05) is 41.4 Å². The number of benzene rings is 1. The first kappa shape index (κ1) is 15.9. The normalized spacial score (nSPS) is 11.0. The highest BCUT2D eigenvalue weighted by Gasteiger charge is 2.25. The maximum atomic E-state index is 12.4. The van der Waals surface area contributed by atoms with E-state index < -0.39 is 0 Å². The molecule has 2 heterocycles. The molecule has 126 valence electrons. The van der Waals surface area contributed by atoms with E-state index in [4.69, 9.17) is 10.5 Å². The number of rotatable bonds is 3. The lowest BCUT2D eigenvalue weighted by Gasteiger charge is -2.11. The number of aromatic nitrogens is 3. The second kappa shape index (κ2) is 5.59. The zero-order valence-corrected chi connectivity index (χ0v) is 14.5. The number of hydrogen-bond acceptors (Lipinski definition) is 4. The van der Waals surface area contributed by atoms with Gasteiger partial charge < -0.3 is 24.5 Å². The number of hydrogen-bond donors (Lipinski definition) is 1. The Labute approximate surface area is 140 Å². The van der Waals surface area contributed by atoms with Gasteiger partial charge in [-0.1, -0.05) is 0 Å². The highest BCUT2D eigenvalue weighted by molar-refractivity contribution is 5.99. The van der Waals surface area contributed by atoms with Gasteiger partial charge in [0, 0.05) is 40.1 Å². The van der Waals surface area contributed by atoms with Gasteiger partial charge in [0.2, 0.25) is 0 Å². The second-order valence-corrected chi connectivity index (χ2v) is 5.98. The third-order valence-electron chi connectivity index (χ3n) is 4.09. The van der Waals surface area contributed by atoms with Crippen molar-refractivity contribution < 1.29 is 9.53 Å². The van der Waals surface area contributed by atoms with Gasteiger partial charge in [0.25, 0.3) is 5.91 Å². The topological polar surface area (TPSA) is 78.3 Å². The predicted octanol–water partition coefficient (Wildman–Crippen LogP) is 1.87. The van der Waals surface area contributed by atoms with Crippen molar-refractivity contribution in [1.29, 1.82) is 0 Å². The van der Waals surface area contributed by atoms with Crippen LogP contribution in [0.4, 0.5) is 5.69 Å². The third kappa shape index (κ3) is 2.29. The fourth-order valence-corrected chi connectivity index (χ4v) is 2.89. The third-order valence-corrected chi connectivity index (χ3v) is 4.09. The fraction of sp³-hybridized carbons (Fsp3) is 0.294. The van der Waals surface area contributed by atoms with Crippen LogP contribution in [0, 0.1) is 0 Å². The summed E-state index contributed by atoms with van der Waals surface area (Å²) in [6.45, 7) is 0.